The molecule has 1 aromatic rings. The molecule has 1 saturated carbocycles. The van der Waals surface area contributed by atoms with Crippen molar-refractivity contribution in [2.24, 2.45) is 5.73 Å². The second-order valence-corrected chi connectivity index (χ2v) is 5.92. The minimum atomic E-state index is 0.346. The lowest BCUT2D eigenvalue weighted by atomic mass is 9.97. The van der Waals surface area contributed by atoms with Crippen LogP contribution in [0.2, 0.25) is 0 Å². The summed E-state index contributed by atoms with van der Waals surface area (Å²) in [7, 11) is 0. The fourth-order valence-corrected chi connectivity index (χ4v) is 2.72. The second-order valence-electron chi connectivity index (χ2n) is 5.92. The van der Waals surface area contributed by atoms with Gasteiger partial charge in [-0.1, -0.05) is 38.5 Å². The lowest BCUT2D eigenvalue weighted by molar-refractivity contribution is 0.474. The van der Waals surface area contributed by atoms with Crippen LogP contribution in [0.4, 0.5) is 0 Å². The van der Waals surface area contributed by atoms with Crippen molar-refractivity contribution >= 4 is 0 Å². The number of rotatable bonds is 4. The molecule has 0 heterocycles. The highest BCUT2D eigenvalue weighted by Gasteiger charge is 2.23. The largest absolute Gasteiger partial charge is 0.326 e. The van der Waals surface area contributed by atoms with Crippen LogP contribution in [0.15, 0.2) is 18.2 Å². The Morgan fingerprint density at radius 2 is 2.11 bits per heavy atom. The first kappa shape index (κ1) is 13.6. The summed E-state index contributed by atoms with van der Waals surface area (Å²) in [6, 6.07) is 7.67. The highest BCUT2D eigenvalue weighted by molar-refractivity contribution is 5.32. The highest BCUT2D eigenvalue weighted by Crippen LogP contribution is 2.21. The van der Waals surface area contributed by atoms with Gasteiger partial charge in [0.1, 0.15) is 0 Å². The predicted octanol–water partition coefficient (Wildman–Crippen LogP) is 3.09. The van der Waals surface area contributed by atoms with Crippen LogP contribution in [0.25, 0.3) is 0 Å². The quantitative estimate of drug-likeness (QED) is 0.857. The zero-order chi connectivity index (χ0) is 13.1. The van der Waals surface area contributed by atoms with Crippen LogP contribution in [0.5, 0.6) is 0 Å². The molecule has 18 heavy (non-hydrogen) atoms. The van der Waals surface area contributed by atoms with Gasteiger partial charge in [0.15, 0.2) is 0 Å². The van der Waals surface area contributed by atoms with Gasteiger partial charge in [-0.2, -0.15) is 0 Å². The number of nitrogens with two attached hydrogens (primary N) is 1. The van der Waals surface area contributed by atoms with E-state index in [1.54, 1.807) is 0 Å². The molecule has 0 bridgehead atoms. The van der Waals surface area contributed by atoms with Gasteiger partial charge >= 0.3 is 0 Å². The van der Waals surface area contributed by atoms with Gasteiger partial charge in [0.2, 0.25) is 0 Å². The maximum absolute atomic E-state index is 6.10. The molecule has 0 saturated heterocycles. The Labute approximate surface area is 111 Å². The highest BCUT2D eigenvalue weighted by atomic mass is 15.0. The van der Waals surface area contributed by atoms with Crippen LogP contribution in [-0.4, -0.2) is 12.1 Å². The Morgan fingerprint density at radius 3 is 2.72 bits per heavy atom. The molecule has 1 aliphatic rings. The average molecular weight is 246 g/mol. The van der Waals surface area contributed by atoms with Gasteiger partial charge in [0, 0.05) is 18.6 Å². The van der Waals surface area contributed by atoms with Crippen molar-refractivity contribution in [2.75, 3.05) is 0 Å². The van der Waals surface area contributed by atoms with E-state index < -0.39 is 0 Å². The van der Waals surface area contributed by atoms with Crippen molar-refractivity contribution in [3.8, 4) is 0 Å². The standard InChI is InChI=1S/C16H26N2/c1-11(2)13-8-7-12(3)14(9-13)10-18-16-6-4-5-15(16)17/h7-9,11,15-16,18H,4-6,10,17H2,1-3H3. The smallest absolute Gasteiger partial charge is 0.0222 e. The topological polar surface area (TPSA) is 38.0 Å². The van der Waals surface area contributed by atoms with E-state index in [0.717, 1.165) is 6.54 Å². The molecular formula is C16H26N2. The SMILES string of the molecule is Cc1ccc(C(C)C)cc1CNC1CCCC1N. The first-order chi connectivity index (χ1) is 8.58. The molecule has 1 fully saturated rings. The van der Waals surface area contributed by atoms with E-state index in [9.17, 15) is 0 Å². The van der Waals surface area contributed by atoms with Gasteiger partial charge < -0.3 is 11.1 Å². The average Bonchev–Trinajstić information content (AvgIpc) is 2.73. The van der Waals surface area contributed by atoms with Crippen molar-refractivity contribution < 1.29 is 0 Å². The van der Waals surface area contributed by atoms with Crippen LogP contribution in [0, 0.1) is 6.92 Å². The summed E-state index contributed by atoms with van der Waals surface area (Å²) < 4.78 is 0. The van der Waals surface area contributed by atoms with E-state index in [0.29, 0.717) is 18.0 Å². The summed E-state index contributed by atoms with van der Waals surface area (Å²) in [6.45, 7) is 7.63. The van der Waals surface area contributed by atoms with Crippen molar-refractivity contribution in [3.63, 3.8) is 0 Å². The summed E-state index contributed by atoms with van der Waals surface area (Å²) >= 11 is 0. The molecule has 2 atom stereocenters. The van der Waals surface area contributed by atoms with Gasteiger partial charge in [-0.05, 0) is 42.4 Å². The maximum Gasteiger partial charge on any atom is 0.0222 e. The van der Waals surface area contributed by atoms with Crippen LogP contribution in [-0.2, 0) is 6.54 Å². The zero-order valence-electron chi connectivity index (χ0n) is 11.9. The van der Waals surface area contributed by atoms with Crippen molar-refractivity contribution in [3.05, 3.63) is 34.9 Å². The van der Waals surface area contributed by atoms with E-state index in [1.807, 2.05) is 0 Å². The van der Waals surface area contributed by atoms with Crippen LogP contribution in [0.3, 0.4) is 0 Å². The van der Waals surface area contributed by atoms with Gasteiger partial charge in [-0.15, -0.1) is 0 Å². The Kier molecular flexibility index (Phi) is 4.41. The predicted molar refractivity (Wildman–Crippen MR) is 77.7 cm³/mol. The molecule has 0 aromatic heterocycles. The third-order valence-corrected chi connectivity index (χ3v) is 4.16. The molecule has 2 unspecified atom stereocenters. The van der Waals surface area contributed by atoms with Gasteiger partial charge in [-0.25, -0.2) is 0 Å². The molecule has 0 spiro atoms. The monoisotopic (exact) mass is 246 g/mol. The molecule has 2 nitrogen and oxygen atoms in total. The van der Waals surface area contributed by atoms with E-state index >= 15 is 0 Å². The molecule has 0 radical (unpaired) electrons. The Bertz CT molecular complexity index is 398. The second kappa shape index (κ2) is 5.85. The third kappa shape index (κ3) is 3.12. The molecule has 0 aliphatic heterocycles. The first-order valence-electron chi connectivity index (χ1n) is 7.16. The van der Waals surface area contributed by atoms with E-state index in [2.05, 4.69) is 44.3 Å². The summed E-state index contributed by atoms with van der Waals surface area (Å²) in [5.74, 6) is 0.595. The van der Waals surface area contributed by atoms with E-state index in [1.165, 1.54) is 36.0 Å². The Morgan fingerprint density at radius 1 is 1.33 bits per heavy atom. The molecule has 0 amide bonds. The molecule has 3 N–H and O–H groups in total. The van der Waals surface area contributed by atoms with E-state index in [4.69, 9.17) is 5.73 Å². The molecule has 1 aliphatic carbocycles. The normalized spacial score (nSPS) is 23.8. The number of benzene rings is 1. The fraction of sp³-hybridized carbons (Fsp3) is 0.625. The maximum atomic E-state index is 6.10. The number of nitrogens with one attached hydrogen (secondary N) is 1. The fourth-order valence-electron chi connectivity index (χ4n) is 2.72. The van der Waals surface area contributed by atoms with Crippen LogP contribution >= 0.6 is 0 Å². The Balaban J connectivity index is 2.01. The summed E-state index contributed by atoms with van der Waals surface area (Å²) in [6.07, 6.45) is 3.66. The molecule has 100 valence electrons. The molecule has 2 rings (SSSR count). The third-order valence-electron chi connectivity index (χ3n) is 4.16. The van der Waals surface area contributed by atoms with Crippen LogP contribution < -0.4 is 11.1 Å². The number of aryl methyl sites for hydroxylation is 1. The molecular weight excluding hydrogens is 220 g/mol. The lowest BCUT2D eigenvalue weighted by Crippen LogP contribution is -2.40. The van der Waals surface area contributed by atoms with Crippen molar-refractivity contribution in [1.29, 1.82) is 0 Å². The minimum absolute atomic E-state index is 0.346. The zero-order valence-corrected chi connectivity index (χ0v) is 11.9. The van der Waals surface area contributed by atoms with Crippen molar-refractivity contribution in [2.45, 2.75) is 64.6 Å². The number of hydrogen-bond acceptors (Lipinski definition) is 2. The van der Waals surface area contributed by atoms with Crippen molar-refractivity contribution in [1.82, 2.24) is 5.32 Å². The lowest BCUT2D eigenvalue weighted by Gasteiger charge is -2.19. The molecule has 1 aromatic carbocycles. The van der Waals surface area contributed by atoms with Crippen LogP contribution in [0.1, 0.15) is 55.7 Å². The Hall–Kier alpha value is -0.860. The summed E-state index contributed by atoms with van der Waals surface area (Å²) in [5.41, 5.74) is 10.3. The summed E-state index contributed by atoms with van der Waals surface area (Å²) in [4.78, 5) is 0. The first-order valence-corrected chi connectivity index (χ1v) is 7.16. The summed E-state index contributed by atoms with van der Waals surface area (Å²) in [5, 5.41) is 3.63. The van der Waals surface area contributed by atoms with Gasteiger partial charge in [-0.3, -0.25) is 0 Å². The van der Waals surface area contributed by atoms with E-state index in [-0.39, 0.29) is 0 Å². The molecule has 2 heteroatoms. The minimum Gasteiger partial charge on any atom is -0.326 e. The van der Waals surface area contributed by atoms with Gasteiger partial charge in [0.25, 0.3) is 0 Å². The number of hydrogen-bond donors (Lipinski definition) is 2. The van der Waals surface area contributed by atoms with Gasteiger partial charge in [0.05, 0.1) is 0 Å².